The van der Waals surface area contributed by atoms with E-state index in [2.05, 4.69) is 4.98 Å². The van der Waals surface area contributed by atoms with Crippen molar-refractivity contribution in [3.63, 3.8) is 0 Å². The minimum absolute atomic E-state index is 0.0353. The van der Waals surface area contributed by atoms with Crippen LogP contribution in [0.15, 0.2) is 66.7 Å². The molecule has 0 amide bonds. The molecule has 2 aromatic carbocycles. The summed E-state index contributed by atoms with van der Waals surface area (Å²) in [6, 6.07) is 20.9. The van der Waals surface area contributed by atoms with Gasteiger partial charge in [0.15, 0.2) is 5.78 Å². The van der Waals surface area contributed by atoms with Crippen LogP contribution < -0.4 is 0 Å². The van der Waals surface area contributed by atoms with E-state index in [4.69, 9.17) is 4.74 Å². The van der Waals surface area contributed by atoms with Crippen LogP contribution in [0.25, 0.3) is 22.4 Å². The number of hydrogen-bond acceptors (Lipinski definition) is 5. The third-order valence-electron chi connectivity index (χ3n) is 4.27. The van der Waals surface area contributed by atoms with Gasteiger partial charge in [-0.2, -0.15) is 0 Å². The van der Waals surface area contributed by atoms with Crippen LogP contribution in [0.2, 0.25) is 0 Å². The van der Waals surface area contributed by atoms with Gasteiger partial charge in [-0.3, -0.25) is 9.59 Å². The number of Topliss-reactive ketones (excluding diaryl/α,β-unsaturated/α-hetero) is 1. The predicted octanol–water partition coefficient (Wildman–Crippen LogP) is 4.65. The summed E-state index contributed by atoms with van der Waals surface area (Å²) in [6.45, 7) is 1.98. The molecule has 0 spiro atoms. The number of carbonyl (C=O) groups is 2. The van der Waals surface area contributed by atoms with Gasteiger partial charge in [-0.25, -0.2) is 4.98 Å². The number of pyridine rings is 1. The Balaban J connectivity index is 1.85. The lowest BCUT2D eigenvalue weighted by Crippen LogP contribution is -2.09. The number of aromatic nitrogens is 1. The average Bonchev–Trinajstić information content (AvgIpc) is 2.73. The first kappa shape index (κ1) is 19.3. The molecule has 28 heavy (non-hydrogen) atoms. The molecule has 1 aromatic heterocycles. The minimum Gasteiger partial charge on any atom is -0.506 e. The summed E-state index contributed by atoms with van der Waals surface area (Å²) in [6.07, 6.45) is -0.103. The molecule has 5 heteroatoms. The van der Waals surface area contributed by atoms with Gasteiger partial charge in [0.05, 0.1) is 18.7 Å². The van der Waals surface area contributed by atoms with Gasteiger partial charge in [-0.05, 0) is 36.2 Å². The third-order valence-corrected chi connectivity index (χ3v) is 4.27. The van der Waals surface area contributed by atoms with Gasteiger partial charge < -0.3 is 9.84 Å². The topological polar surface area (TPSA) is 76.5 Å². The standard InChI is InChI=1S/C23H21NO4/c1-2-28-22(27)14-13-21(26)23-20(25)12-11-19(24-23)18-10-6-9-17(15-18)16-7-4-3-5-8-16/h3-12,15,25H,2,13-14H2,1H3. The van der Waals surface area contributed by atoms with E-state index < -0.39 is 11.8 Å². The number of aromatic hydroxyl groups is 1. The van der Waals surface area contributed by atoms with Crippen LogP contribution >= 0.6 is 0 Å². The molecule has 0 aliphatic carbocycles. The predicted molar refractivity (Wildman–Crippen MR) is 107 cm³/mol. The van der Waals surface area contributed by atoms with Crippen molar-refractivity contribution in [2.24, 2.45) is 0 Å². The van der Waals surface area contributed by atoms with Gasteiger partial charge in [0.25, 0.3) is 0 Å². The number of nitrogens with zero attached hydrogens (tertiary/aromatic N) is 1. The van der Waals surface area contributed by atoms with Crippen molar-refractivity contribution in [2.75, 3.05) is 6.61 Å². The molecule has 0 saturated heterocycles. The Labute approximate surface area is 163 Å². The van der Waals surface area contributed by atoms with Crippen LogP contribution in [0.5, 0.6) is 5.75 Å². The van der Waals surface area contributed by atoms with Gasteiger partial charge in [0, 0.05) is 12.0 Å². The van der Waals surface area contributed by atoms with E-state index in [1.54, 1.807) is 13.0 Å². The van der Waals surface area contributed by atoms with Crippen molar-refractivity contribution >= 4 is 11.8 Å². The van der Waals surface area contributed by atoms with Crippen molar-refractivity contribution in [1.82, 2.24) is 4.98 Å². The highest BCUT2D eigenvalue weighted by Gasteiger charge is 2.16. The molecule has 0 saturated carbocycles. The number of ketones is 1. The summed E-state index contributed by atoms with van der Waals surface area (Å²) in [4.78, 5) is 28.2. The summed E-state index contributed by atoms with van der Waals surface area (Å²) in [5.41, 5.74) is 3.49. The Morgan fingerprint density at radius 1 is 0.893 bits per heavy atom. The Morgan fingerprint density at radius 2 is 1.61 bits per heavy atom. The largest absolute Gasteiger partial charge is 0.506 e. The fourth-order valence-corrected chi connectivity index (χ4v) is 2.87. The molecular weight excluding hydrogens is 354 g/mol. The van der Waals surface area contributed by atoms with Gasteiger partial charge in [-0.1, -0.05) is 48.5 Å². The van der Waals surface area contributed by atoms with Crippen molar-refractivity contribution in [3.8, 4) is 28.1 Å². The quantitative estimate of drug-likeness (QED) is 0.481. The number of esters is 1. The first-order valence-corrected chi connectivity index (χ1v) is 9.13. The molecule has 0 aliphatic rings. The highest BCUT2D eigenvalue weighted by atomic mass is 16.5. The lowest BCUT2D eigenvalue weighted by molar-refractivity contribution is -0.143. The zero-order valence-corrected chi connectivity index (χ0v) is 15.6. The maximum Gasteiger partial charge on any atom is 0.306 e. The van der Waals surface area contributed by atoms with Crippen molar-refractivity contribution < 1.29 is 19.4 Å². The van der Waals surface area contributed by atoms with E-state index in [1.165, 1.54) is 6.07 Å². The smallest absolute Gasteiger partial charge is 0.306 e. The van der Waals surface area contributed by atoms with Crippen LogP contribution in [0.4, 0.5) is 0 Å². The Kier molecular flexibility index (Phi) is 6.17. The Hall–Kier alpha value is -3.47. The summed E-state index contributed by atoms with van der Waals surface area (Å²) in [7, 11) is 0. The van der Waals surface area contributed by atoms with Crippen LogP contribution in [-0.4, -0.2) is 28.4 Å². The fraction of sp³-hybridized carbons (Fsp3) is 0.174. The summed E-state index contributed by atoms with van der Waals surface area (Å²) < 4.78 is 4.83. The first-order valence-electron chi connectivity index (χ1n) is 9.13. The maximum atomic E-state index is 12.4. The fourth-order valence-electron chi connectivity index (χ4n) is 2.87. The van der Waals surface area contributed by atoms with Crippen molar-refractivity contribution in [2.45, 2.75) is 19.8 Å². The van der Waals surface area contributed by atoms with E-state index in [1.807, 2.05) is 54.6 Å². The van der Waals surface area contributed by atoms with Gasteiger partial charge in [-0.15, -0.1) is 0 Å². The lowest BCUT2D eigenvalue weighted by Gasteiger charge is -2.08. The molecule has 0 radical (unpaired) electrons. The zero-order chi connectivity index (χ0) is 19.9. The number of carbonyl (C=O) groups excluding carboxylic acids is 2. The van der Waals surface area contributed by atoms with Crippen molar-refractivity contribution in [1.29, 1.82) is 0 Å². The van der Waals surface area contributed by atoms with E-state index in [-0.39, 0.29) is 30.9 Å². The summed E-state index contributed by atoms with van der Waals surface area (Å²) >= 11 is 0. The van der Waals surface area contributed by atoms with E-state index in [0.717, 1.165) is 16.7 Å². The highest BCUT2D eigenvalue weighted by molar-refractivity contribution is 5.98. The highest BCUT2D eigenvalue weighted by Crippen LogP contribution is 2.27. The number of hydrogen-bond donors (Lipinski definition) is 1. The molecular formula is C23H21NO4. The SMILES string of the molecule is CCOC(=O)CCC(=O)c1nc(-c2cccc(-c3ccccc3)c2)ccc1O. The summed E-state index contributed by atoms with van der Waals surface area (Å²) in [5.74, 6) is -1.04. The second kappa shape index (κ2) is 8.95. The average molecular weight is 375 g/mol. The molecule has 1 heterocycles. The molecule has 0 unspecified atom stereocenters. The third kappa shape index (κ3) is 4.62. The normalized spacial score (nSPS) is 10.5. The molecule has 0 atom stereocenters. The van der Waals surface area contributed by atoms with Crippen LogP contribution in [-0.2, 0) is 9.53 Å². The van der Waals surface area contributed by atoms with Crippen LogP contribution in [0, 0.1) is 0 Å². The van der Waals surface area contributed by atoms with Crippen molar-refractivity contribution in [3.05, 3.63) is 72.4 Å². The van der Waals surface area contributed by atoms with E-state index in [9.17, 15) is 14.7 Å². The van der Waals surface area contributed by atoms with E-state index >= 15 is 0 Å². The molecule has 0 fully saturated rings. The minimum atomic E-state index is -0.443. The molecule has 1 N–H and O–H groups in total. The first-order chi connectivity index (χ1) is 13.6. The molecule has 5 nitrogen and oxygen atoms in total. The van der Waals surface area contributed by atoms with Gasteiger partial charge in [0.1, 0.15) is 11.4 Å². The zero-order valence-electron chi connectivity index (χ0n) is 15.6. The Bertz CT molecular complexity index is 983. The monoisotopic (exact) mass is 375 g/mol. The second-order valence-electron chi connectivity index (χ2n) is 6.24. The van der Waals surface area contributed by atoms with Crippen LogP contribution in [0.1, 0.15) is 30.3 Å². The van der Waals surface area contributed by atoms with Crippen LogP contribution in [0.3, 0.4) is 0 Å². The second-order valence-corrected chi connectivity index (χ2v) is 6.24. The maximum absolute atomic E-state index is 12.4. The van der Waals surface area contributed by atoms with Gasteiger partial charge in [0.2, 0.25) is 0 Å². The number of benzene rings is 2. The number of ether oxygens (including phenoxy) is 1. The molecule has 0 bridgehead atoms. The Morgan fingerprint density at radius 3 is 2.36 bits per heavy atom. The van der Waals surface area contributed by atoms with Gasteiger partial charge >= 0.3 is 5.97 Å². The molecule has 142 valence electrons. The molecule has 0 aliphatic heterocycles. The van der Waals surface area contributed by atoms with E-state index in [0.29, 0.717) is 5.69 Å². The molecule has 3 rings (SSSR count). The number of rotatable bonds is 7. The molecule has 3 aromatic rings. The summed E-state index contributed by atoms with van der Waals surface area (Å²) in [5, 5.41) is 10.1. The lowest BCUT2D eigenvalue weighted by atomic mass is 10.0.